The van der Waals surface area contributed by atoms with Gasteiger partial charge in [-0.05, 0) is 89.0 Å². The summed E-state index contributed by atoms with van der Waals surface area (Å²) in [5.74, 6) is 0.635. The monoisotopic (exact) mass is 469 g/mol. The van der Waals surface area contributed by atoms with Crippen LogP contribution in [0.1, 0.15) is 106 Å². The van der Waals surface area contributed by atoms with E-state index in [9.17, 15) is 9.59 Å². The van der Waals surface area contributed by atoms with E-state index in [1.807, 2.05) is 0 Å². The molecule has 194 valence electrons. The molecule has 1 aliphatic rings. The van der Waals surface area contributed by atoms with Gasteiger partial charge in [-0.25, -0.2) is 0 Å². The second-order valence-corrected chi connectivity index (χ2v) is 11.6. The Morgan fingerprint density at radius 2 is 1.36 bits per heavy atom. The molecular weight excluding hydrogens is 418 g/mol. The van der Waals surface area contributed by atoms with Crippen molar-refractivity contribution in [2.45, 2.75) is 111 Å². The van der Waals surface area contributed by atoms with Crippen LogP contribution in [0.4, 0.5) is 0 Å². The summed E-state index contributed by atoms with van der Waals surface area (Å²) in [5.41, 5.74) is 0.184. The number of unbranched alkanes of at least 4 members (excludes halogenated alkanes) is 1. The molecule has 0 spiro atoms. The topological polar surface area (TPSA) is 76.1 Å². The molecule has 6 nitrogen and oxygen atoms in total. The minimum Gasteiger partial charge on any atom is -0.465 e. The van der Waals surface area contributed by atoms with Crippen molar-refractivity contribution in [3.8, 4) is 0 Å². The number of rotatable bonds is 15. The average molecular weight is 470 g/mol. The molecule has 0 unspecified atom stereocenters. The Labute approximate surface area is 202 Å². The van der Waals surface area contributed by atoms with E-state index < -0.39 is 0 Å². The molecule has 0 atom stereocenters. The van der Waals surface area contributed by atoms with Crippen molar-refractivity contribution in [2.24, 2.45) is 17.3 Å². The Morgan fingerprint density at radius 3 is 1.82 bits per heavy atom. The smallest absolute Gasteiger partial charge is 0.307 e. The van der Waals surface area contributed by atoms with Crippen LogP contribution in [-0.4, -0.2) is 60.4 Å². The molecule has 1 N–H and O–H groups in total. The minimum atomic E-state index is -0.121. The van der Waals surface area contributed by atoms with Gasteiger partial charge in [0.1, 0.15) is 0 Å². The maximum Gasteiger partial charge on any atom is 0.307 e. The molecule has 0 aromatic heterocycles. The largest absolute Gasteiger partial charge is 0.465 e. The maximum absolute atomic E-state index is 12.4. The van der Waals surface area contributed by atoms with Gasteiger partial charge in [-0.2, -0.15) is 0 Å². The number of carbonyl (C=O) groups excluding carboxylic acids is 2. The van der Waals surface area contributed by atoms with Gasteiger partial charge in [-0.3, -0.25) is 14.5 Å². The third-order valence-corrected chi connectivity index (χ3v) is 7.15. The zero-order valence-electron chi connectivity index (χ0n) is 22.3. The third-order valence-electron chi connectivity index (χ3n) is 7.15. The molecule has 0 aromatic carbocycles. The number of ether oxygens (including phenoxy) is 2. The lowest BCUT2D eigenvalue weighted by atomic mass is 9.83. The summed E-state index contributed by atoms with van der Waals surface area (Å²) in [6.07, 6.45) is 8.57. The molecule has 0 saturated heterocycles. The van der Waals surface area contributed by atoms with Gasteiger partial charge < -0.3 is 14.6 Å². The van der Waals surface area contributed by atoms with E-state index in [2.05, 4.69) is 46.4 Å². The van der Waals surface area contributed by atoms with E-state index in [0.29, 0.717) is 44.4 Å². The highest BCUT2D eigenvalue weighted by Crippen LogP contribution is 2.30. The van der Waals surface area contributed by atoms with Crippen molar-refractivity contribution in [1.82, 2.24) is 4.90 Å². The third kappa shape index (κ3) is 13.4. The first-order chi connectivity index (χ1) is 15.5. The van der Waals surface area contributed by atoms with Crippen LogP contribution in [0, 0.1) is 17.3 Å². The maximum atomic E-state index is 12.4. The van der Waals surface area contributed by atoms with Crippen LogP contribution >= 0.6 is 0 Å². The lowest BCUT2D eigenvalue weighted by Gasteiger charge is -2.38. The quantitative estimate of drug-likeness (QED) is 0.257. The number of esters is 2. The molecule has 0 radical (unpaired) electrons. The molecule has 1 aliphatic carbocycles. The summed E-state index contributed by atoms with van der Waals surface area (Å²) in [6, 6.07) is 0. The Hall–Kier alpha value is -1.14. The number of carbonyl (C=O) groups is 2. The van der Waals surface area contributed by atoms with Crippen LogP contribution in [0.3, 0.4) is 0 Å². The van der Waals surface area contributed by atoms with Crippen LogP contribution in [-0.2, 0) is 19.1 Å². The van der Waals surface area contributed by atoms with Gasteiger partial charge in [0.05, 0.1) is 19.6 Å². The van der Waals surface area contributed by atoms with Crippen molar-refractivity contribution in [1.29, 1.82) is 0 Å². The fraction of sp³-hybridized carbons (Fsp3) is 0.926. The van der Waals surface area contributed by atoms with Gasteiger partial charge in [0.2, 0.25) is 0 Å². The first-order valence-electron chi connectivity index (χ1n) is 13.1. The summed E-state index contributed by atoms with van der Waals surface area (Å²) in [7, 11) is 0. The highest BCUT2D eigenvalue weighted by atomic mass is 16.5. The van der Waals surface area contributed by atoms with Crippen molar-refractivity contribution < 1.29 is 24.2 Å². The Morgan fingerprint density at radius 1 is 0.848 bits per heavy atom. The van der Waals surface area contributed by atoms with E-state index in [-0.39, 0.29) is 29.5 Å². The normalized spacial score (nSPS) is 19.5. The van der Waals surface area contributed by atoms with E-state index in [1.165, 1.54) is 0 Å². The SMILES string of the molecule is CCC(C)(C)N(CCCCO)CCC(=O)OCC1CCC(COC(=O)CCC(C)(C)C)CC1. The molecule has 0 bridgehead atoms. The van der Waals surface area contributed by atoms with Gasteiger partial charge >= 0.3 is 11.9 Å². The van der Waals surface area contributed by atoms with Crippen LogP contribution in [0.15, 0.2) is 0 Å². The molecule has 0 aliphatic heterocycles. The zero-order valence-corrected chi connectivity index (χ0v) is 22.3. The first kappa shape index (κ1) is 29.9. The minimum absolute atomic E-state index is 0.0321. The second-order valence-electron chi connectivity index (χ2n) is 11.6. The van der Waals surface area contributed by atoms with Gasteiger partial charge in [0.15, 0.2) is 0 Å². The van der Waals surface area contributed by atoms with Crippen molar-refractivity contribution in [3.63, 3.8) is 0 Å². The van der Waals surface area contributed by atoms with Crippen molar-refractivity contribution in [2.75, 3.05) is 32.9 Å². The summed E-state index contributed by atoms with van der Waals surface area (Å²) in [5, 5.41) is 9.06. The first-order valence-corrected chi connectivity index (χ1v) is 13.1. The summed E-state index contributed by atoms with van der Waals surface area (Å²) >= 11 is 0. The molecule has 0 heterocycles. The molecule has 0 aromatic rings. The van der Waals surface area contributed by atoms with Crippen LogP contribution < -0.4 is 0 Å². The number of nitrogens with zero attached hydrogens (tertiary/aromatic N) is 1. The Balaban J connectivity index is 2.25. The zero-order chi connectivity index (χ0) is 24.9. The Kier molecular flexibility index (Phi) is 13.6. The molecule has 33 heavy (non-hydrogen) atoms. The lowest BCUT2D eigenvalue weighted by Crippen LogP contribution is -2.45. The summed E-state index contributed by atoms with van der Waals surface area (Å²) in [6.45, 7) is 15.8. The van der Waals surface area contributed by atoms with E-state index in [4.69, 9.17) is 14.6 Å². The number of hydrogen-bond acceptors (Lipinski definition) is 6. The molecule has 1 saturated carbocycles. The number of aliphatic hydroxyl groups is 1. The predicted molar refractivity (Wildman–Crippen MR) is 133 cm³/mol. The highest BCUT2D eigenvalue weighted by Gasteiger charge is 2.26. The standard InChI is InChI=1S/C27H51NO5/c1-7-27(5,6)28(17-8-9-19-29)18-15-25(31)33-21-23-12-10-22(11-13-23)20-32-24(30)14-16-26(2,3)4/h22-23,29H,7-21H2,1-6H3. The predicted octanol–water partition coefficient (Wildman–Crippen LogP) is 5.36. The fourth-order valence-corrected chi connectivity index (χ4v) is 4.19. The highest BCUT2D eigenvalue weighted by molar-refractivity contribution is 5.69. The number of hydrogen-bond donors (Lipinski definition) is 1. The summed E-state index contributed by atoms with van der Waals surface area (Å²) < 4.78 is 11.1. The van der Waals surface area contributed by atoms with Gasteiger partial charge in [-0.1, -0.05) is 27.7 Å². The van der Waals surface area contributed by atoms with Gasteiger partial charge in [0, 0.05) is 25.1 Å². The van der Waals surface area contributed by atoms with Gasteiger partial charge in [0.25, 0.3) is 0 Å². The van der Waals surface area contributed by atoms with E-state index in [1.54, 1.807) is 0 Å². The second kappa shape index (κ2) is 15.0. The Bertz CT molecular complexity index is 561. The molecule has 6 heteroatoms. The van der Waals surface area contributed by atoms with Crippen LogP contribution in [0.5, 0.6) is 0 Å². The number of aliphatic hydroxyl groups excluding tert-OH is 1. The van der Waals surface area contributed by atoms with Crippen molar-refractivity contribution >= 4 is 11.9 Å². The molecule has 0 amide bonds. The average Bonchev–Trinajstić information content (AvgIpc) is 2.77. The van der Waals surface area contributed by atoms with E-state index >= 15 is 0 Å². The fourth-order valence-electron chi connectivity index (χ4n) is 4.19. The summed E-state index contributed by atoms with van der Waals surface area (Å²) in [4.78, 5) is 26.7. The molecule has 1 fully saturated rings. The van der Waals surface area contributed by atoms with Crippen molar-refractivity contribution in [3.05, 3.63) is 0 Å². The molecular formula is C27H51NO5. The van der Waals surface area contributed by atoms with Crippen LogP contribution in [0.25, 0.3) is 0 Å². The lowest BCUT2D eigenvalue weighted by molar-refractivity contribution is -0.148. The van der Waals surface area contributed by atoms with E-state index in [0.717, 1.165) is 57.9 Å². The molecule has 1 rings (SSSR count). The van der Waals surface area contributed by atoms with Gasteiger partial charge in [-0.15, -0.1) is 0 Å². The van der Waals surface area contributed by atoms with Crippen LogP contribution in [0.2, 0.25) is 0 Å².